The largest absolute Gasteiger partial charge is 0.377 e. The molecule has 2 heterocycles. The second-order valence-corrected chi connectivity index (χ2v) is 7.08. The van der Waals surface area contributed by atoms with Crippen molar-refractivity contribution in [2.24, 2.45) is 4.99 Å². The molecule has 5 nitrogen and oxygen atoms in total. The number of hydrogen-bond acceptors (Lipinski definition) is 4. The van der Waals surface area contributed by atoms with Gasteiger partial charge >= 0.3 is 0 Å². The fourth-order valence-electron chi connectivity index (χ4n) is 2.60. The fraction of sp³-hybridized carbons (Fsp3) is 0.733. The number of morpholine rings is 1. The van der Waals surface area contributed by atoms with E-state index >= 15 is 0 Å². The Kier molecular flexibility index (Phi) is 4.99. The number of thioether (sulfide) groups is 1. The highest BCUT2D eigenvalue weighted by molar-refractivity contribution is 8.13. The molecule has 118 valence electrons. The maximum atomic E-state index is 12.1. The van der Waals surface area contributed by atoms with Crippen LogP contribution in [-0.4, -0.2) is 53.6 Å². The van der Waals surface area contributed by atoms with E-state index in [2.05, 4.69) is 17.1 Å². The molecule has 6 heteroatoms. The Morgan fingerprint density at radius 3 is 2.86 bits per heavy atom. The summed E-state index contributed by atoms with van der Waals surface area (Å²) in [6.45, 7) is 10.4. The van der Waals surface area contributed by atoms with Crippen LogP contribution in [0.3, 0.4) is 0 Å². The van der Waals surface area contributed by atoms with Gasteiger partial charge in [0, 0.05) is 24.1 Å². The summed E-state index contributed by atoms with van der Waals surface area (Å²) in [6, 6.07) is 0.316. The van der Waals surface area contributed by atoms with Gasteiger partial charge in [0.25, 0.3) is 0 Å². The van der Waals surface area contributed by atoms with Gasteiger partial charge in [-0.05, 0) is 34.0 Å². The van der Waals surface area contributed by atoms with Gasteiger partial charge in [-0.3, -0.25) is 4.79 Å². The Hall–Kier alpha value is -1.01. The zero-order valence-electron chi connectivity index (χ0n) is 13.5. The number of nitrogens with one attached hydrogen (secondary N) is 1. The second kappa shape index (κ2) is 6.40. The van der Waals surface area contributed by atoms with E-state index in [4.69, 9.17) is 9.73 Å². The first-order chi connectivity index (χ1) is 9.84. The molecule has 1 atom stereocenters. The highest BCUT2D eigenvalue weighted by atomic mass is 32.2. The van der Waals surface area contributed by atoms with Crippen molar-refractivity contribution in [3.8, 4) is 0 Å². The molecule has 0 aromatic rings. The average molecular weight is 311 g/mol. The predicted molar refractivity (Wildman–Crippen MR) is 87.5 cm³/mol. The topological polar surface area (TPSA) is 53.9 Å². The lowest BCUT2D eigenvalue weighted by atomic mass is 9.92. The fourth-order valence-corrected chi connectivity index (χ4v) is 3.31. The average Bonchev–Trinajstić information content (AvgIpc) is 2.41. The lowest BCUT2D eigenvalue weighted by molar-refractivity contribution is -0.119. The standard InChI is InChI=1S/C15H25N3O2S/c1-10-9-20-7-6-18(10)14(21-5)16-12-8-15(3,4)17-13(19)11(12)2/h10H,6-9H2,1-5H3,(H,17,19)/b16-14-. The summed E-state index contributed by atoms with van der Waals surface area (Å²) in [7, 11) is 0. The minimum Gasteiger partial charge on any atom is -0.377 e. The van der Waals surface area contributed by atoms with Crippen molar-refractivity contribution in [1.29, 1.82) is 0 Å². The quantitative estimate of drug-likeness (QED) is 0.594. The summed E-state index contributed by atoms with van der Waals surface area (Å²) in [5, 5.41) is 3.99. The Morgan fingerprint density at radius 1 is 1.52 bits per heavy atom. The molecule has 2 aliphatic rings. The number of aliphatic imine (C=N–C) groups is 1. The van der Waals surface area contributed by atoms with Gasteiger partial charge in [-0.2, -0.15) is 0 Å². The van der Waals surface area contributed by atoms with Gasteiger partial charge in [-0.25, -0.2) is 4.99 Å². The Labute approximate surface area is 131 Å². The summed E-state index contributed by atoms with van der Waals surface area (Å²) in [6.07, 6.45) is 2.79. The van der Waals surface area contributed by atoms with E-state index in [-0.39, 0.29) is 11.4 Å². The van der Waals surface area contributed by atoms with Crippen molar-refractivity contribution < 1.29 is 9.53 Å². The van der Waals surface area contributed by atoms with E-state index in [0.717, 1.165) is 42.6 Å². The Morgan fingerprint density at radius 2 is 2.24 bits per heavy atom. The molecule has 0 aromatic heterocycles. The molecule has 0 aromatic carbocycles. The number of hydrogen-bond donors (Lipinski definition) is 1. The zero-order chi connectivity index (χ0) is 15.6. The first-order valence-corrected chi connectivity index (χ1v) is 8.56. The van der Waals surface area contributed by atoms with Crippen LogP contribution in [-0.2, 0) is 9.53 Å². The molecule has 0 aliphatic carbocycles. The predicted octanol–water partition coefficient (Wildman–Crippen LogP) is 2.00. The van der Waals surface area contributed by atoms with Crippen LogP contribution in [0.2, 0.25) is 0 Å². The number of carbonyl (C=O) groups is 1. The number of amidine groups is 1. The SMILES string of the molecule is CS/C(=N\C1=C(C)C(=O)NC(C)(C)C1)N1CCOCC1C. The molecular weight excluding hydrogens is 286 g/mol. The number of carbonyl (C=O) groups excluding carboxylic acids is 1. The molecule has 2 aliphatic heterocycles. The first kappa shape index (κ1) is 16.4. The first-order valence-electron chi connectivity index (χ1n) is 7.33. The minimum atomic E-state index is -0.241. The summed E-state index contributed by atoms with van der Waals surface area (Å²) < 4.78 is 5.49. The van der Waals surface area contributed by atoms with Crippen LogP contribution in [0.25, 0.3) is 0 Å². The van der Waals surface area contributed by atoms with Crippen LogP contribution in [0, 0.1) is 0 Å². The van der Waals surface area contributed by atoms with E-state index in [1.165, 1.54) is 0 Å². The van der Waals surface area contributed by atoms with E-state index in [1.807, 2.05) is 27.0 Å². The molecule has 1 N–H and O–H groups in total. The van der Waals surface area contributed by atoms with Crippen molar-refractivity contribution in [2.45, 2.75) is 45.7 Å². The second-order valence-electron chi connectivity index (χ2n) is 6.30. The zero-order valence-corrected chi connectivity index (χ0v) is 14.3. The molecule has 1 amide bonds. The van der Waals surface area contributed by atoms with Crippen molar-refractivity contribution in [2.75, 3.05) is 26.0 Å². The summed E-state index contributed by atoms with van der Waals surface area (Å²) >= 11 is 1.63. The van der Waals surface area contributed by atoms with E-state index < -0.39 is 0 Å². The van der Waals surface area contributed by atoms with Gasteiger partial charge in [0.2, 0.25) is 5.91 Å². The van der Waals surface area contributed by atoms with Crippen LogP contribution in [0.15, 0.2) is 16.3 Å². The van der Waals surface area contributed by atoms with Gasteiger partial charge in [-0.15, -0.1) is 0 Å². The molecule has 21 heavy (non-hydrogen) atoms. The molecule has 0 radical (unpaired) electrons. The molecule has 0 spiro atoms. The third kappa shape index (κ3) is 3.80. The Bertz CT molecular complexity index is 485. The Balaban J connectivity index is 2.30. The third-order valence-corrected chi connectivity index (χ3v) is 4.55. The molecule has 1 fully saturated rings. The van der Waals surface area contributed by atoms with Gasteiger partial charge in [0.15, 0.2) is 5.17 Å². The highest BCUT2D eigenvalue weighted by Gasteiger charge is 2.31. The molecule has 0 bridgehead atoms. The van der Waals surface area contributed by atoms with E-state index in [9.17, 15) is 4.79 Å². The van der Waals surface area contributed by atoms with Gasteiger partial charge in [-0.1, -0.05) is 11.8 Å². The van der Waals surface area contributed by atoms with Crippen LogP contribution < -0.4 is 5.32 Å². The molecule has 2 rings (SSSR count). The molecule has 1 saturated heterocycles. The lowest BCUT2D eigenvalue weighted by Crippen LogP contribution is -2.48. The number of rotatable bonds is 1. The lowest BCUT2D eigenvalue weighted by Gasteiger charge is -2.36. The van der Waals surface area contributed by atoms with Crippen LogP contribution in [0.4, 0.5) is 0 Å². The number of nitrogens with zero attached hydrogens (tertiary/aromatic N) is 2. The van der Waals surface area contributed by atoms with E-state index in [1.54, 1.807) is 11.8 Å². The van der Waals surface area contributed by atoms with E-state index in [0.29, 0.717) is 6.04 Å². The number of amides is 1. The van der Waals surface area contributed by atoms with Crippen molar-refractivity contribution >= 4 is 22.8 Å². The summed E-state index contributed by atoms with van der Waals surface area (Å²) in [5.74, 6) is -0.0134. The summed E-state index contributed by atoms with van der Waals surface area (Å²) in [4.78, 5) is 19.1. The smallest absolute Gasteiger partial charge is 0.249 e. The molecule has 0 saturated carbocycles. The minimum absolute atomic E-state index is 0.0134. The van der Waals surface area contributed by atoms with Crippen LogP contribution >= 0.6 is 11.8 Å². The third-order valence-electron chi connectivity index (χ3n) is 3.86. The van der Waals surface area contributed by atoms with Crippen molar-refractivity contribution in [1.82, 2.24) is 10.2 Å². The van der Waals surface area contributed by atoms with Crippen molar-refractivity contribution in [3.63, 3.8) is 0 Å². The normalized spacial score (nSPS) is 26.9. The molecular formula is C15H25N3O2S. The number of ether oxygens (including phenoxy) is 1. The maximum Gasteiger partial charge on any atom is 0.249 e. The highest BCUT2D eigenvalue weighted by Crippen LogP contribution is 2.27. The van der Waals surface area contributed by atoms with Gasteiger partial charge in [0.05, 0.1) is 25.0 Å². The van der Waals surface area contributed by atoms with Gasteiger partial charge in [0.1, 0.15) is 0 Å². The van der Waals surface area contributed by atoms with Crippen LogP contribution in [0.1, 0.15) is 34.1 Å². The van der Waals surface area contributed by atoms with Gasteiger partial charge < -0.3 is 15.0 Å². The summed E-state index contributed by atoms with van der Waals surface area (Å²) in [5.41, 5.74) is 1.38. The van der Waals surface area contributed by atoms with Crippen molar-refractivity contribution in [3.05, 3.63) is 11.3 Å². The van der Waals surface area contributed by atoms with Crippen LogP contribution in [0.5, 0.6) is 0 Å². The maximum absolute atomic E-state index is 12.1. The molecule has 1 unspecified atom stereocenters. The monoisotopic (exact) mass is 311 g/mol.